The molecule has 0 aromatic heterocycles. The Labute approximate surface area is 120 Å². The topological polar surface area (TPSA) is 18.5 Å². The Bertz CT molecular complexity index is 296. The van der Waals surface area contributed by atoms with Crippen LogP contribution < -0.4 is 0 Å². The largest absolute Gasteiger partial charge is 0.349 e. The van der Waals surface area contributed by atoms with Crippen LogP contribution in [0.25, 0.3) is 0 Å². The third-order valence-corrected chi connectivity index (χ3v) is 3.37. The molecule has 0 saturated carbocycles. The van der Waals surface area contributed by atoms with Gasteiger partial charge in [-0.3, -0.25) is 0 Å². The van der Waals surface area contributed by atoms with E-state index in [0.717, 1.165) is 19.4 Å². The van der Waals surface area contributed by atoms with Crippen LogP contribution in [0.15, 0.2) is 12.7 Å². The summed E-state index contributed by atoms with van der Waals surface area (Å²) in [5, 5.41) is 0. The van der Waals surface area contributed by atoms with Gasteiger partial charge in [-0.25, -0.2) is 0 Å². The number of hydrogen-bond acceptors (Lipinski definition) is 2. The second-order valence-electron chi connectivity index (χ2n) is 5.88. The lowest BCUT2D eigenvalue weighted by Gasteiger charge is -2.18. The van der Waals surface area contributed by atoms with E-state index in [4.69, 9.17) is 9.47 Å². The van der Waals surface area contributed by atoms with Crippen LogP contribution in [0.5, 0.6) is 0 Å². The highest BCUT2D eigenvalue weighted by atomic mass is 28.3. The van der Waals surface area contributed by atoms with Crippen molar-refractivity contribution in [3.05, 3.63) is 12.7 Å². The molecular formula is C16H30O2Si. The fraction of sp³-hybridized carbons (Fsp3) is 0.750. The van der Waals surface area contributed by atoms with Gasteiger partial charge in [-0.1, -0.05) is 46.0 Å². The summed E-state index contributed by atoms with van der Waals surface area (Å²) in [4.78, 5) is 0. The summed E-state index contributed by atoms with van der Waals surface area (Å²) < 4.78 is 11.4. The zero-order valence-corrected chi connectivity index (χ0v) is 14.3. The maximum Gasteiger partial charge on any atom is 0.176 e. The van der Waals surface area contributed by atoms with E-state index in [9.17, 15) is 0 Å². The third-order valence-electron chi connectivity index (χ3n) is 2.44. The smallest absolute Gasteiger partial charge is 0.176 e. The number of unbranched alkanes of at least 4 members (excludes halogenated alkanes) is 2. The first kappa shape index (κ1) is 18.4. The van der Waals surface area contributed by atoms with Crippen LogP contribution in [0.1, 0.15) is 39.5 Å². The zero-order valence-electron chi connectivity index (χ0n) is 13.3. The van der Waals surface area contributed by atoms with Crippen LogP contribution in [-0.2, 0) is 9.47 Å². The number of hydrogen-bond donors (Lipinski definition) is 0. The van der Waals surface area contributed by atoms with Crippen molar-refractivity contribution in [2.24, 2.45) is 0 Å². The molecular weight excluding hydrogens is 252 g/mol. The molecule has 0 amide bonds. The Morgan fingerprint density at radius 3 is 2.47 bits per heavy atom. The quantitative estimate of drug-likeness (QED) is 0.205. The summed E-state index contributed by atoms with van der Waals surface area (Å²) in [6.07, 6.45) is 5.72. The standard InChI is InChI=1S/C16H30O2Si/c1-7-9-10-13-17-16(8-2)18-15(3)12-11-14-19(4,5)6/h8,15-16H,2,7,9-10,12-13H2,1,3-6H3/t15-,16-/m1/s1. The minimum absolute atomic E-state index is 0.0815. The molecule has 0 radical (unpaired) electrons. The highest BCUT2D eigenvalue weighted by Crippen LogP contribution is 2.07. The lowest BCUT2D eigenvalue weighted by Crippen LogP contribution is -2.21. The van der Waals surface area contributed by atoms with Gasteiger partial charge in [-0.05, 0) is 19.4 Å². The highest BCUT2D eigenvalue weighted by Gasteiger charge is 2.10. The first-order chi connectivity index (χ1) is 8.89. The predicted molar refractivity (Wildman–Crippen MR) is 85.7 cm³/mol. The fourth-order valence-electron chi connectivity index (χ4n) is 1.45. The molecule has 3 heteroatoms. The van der Waals surface area contributed by atoms with Gasteiger partial charge in [0.05, 0.1) is 12.7 Å². The molecule has 0 spiro atoms. The van der Waals surface area contributed by atoms with Crippen LogP contribution in [0.3, 0.4) is 0 Å². The average molecular weight is 282 g/mol. The molecule has 0 N–H and O–H groups in total. The van der Waals surface area contributed by atoms with Gasteiger partial charge in [0.1, 0.15) is 8.07 Å². The molecule has 2 nitrogen and oxygen atoms in total. The molecule has 0 aliphatic carbocycles. The lowest BCUT2D eigenvalue weighted by atomic mass is 10.3. The van der Waals surface area contributed by atoms with E-state index in [-0.39, 0.29) is 12.4 Å². The van der Waals surface area contributed by atoms with Gasteiger partial charge in [0, 0.05) is 6.42 Å². The molecule has 0 unspecified atom stereocenters. The first-order valence-corrected chi connectivity index (χ1v) is 10.8. The van der Waals surface area contributed by atoms with E-state index in [1.54, 1.807) is 6.08 Å². The van der Waals surface area contributed by atoms with Gasteiger partial charge < -0.3 is 9.47 Å². The molecule has 0 aromatic rings. The predicted octanol–water partition coefficient (Wildman–Crippen LogP) is 4.38. The maximum absolute atomic E-state index is 5.77. The Morgan fingerprint density at radius 2 is 1.95 bits per heavy atom. The summed E-state index contributed by atoms with van der Waals surface area (Å²) in [7, 11) is -1.27. The third kappa shape index (κ3) is 12.2. The van der Waals surface area contributed by atoms with E-state index in [1.165, 1.54) is 12.8 Å². The van der Waals surface area contributed by atoms with Gasteiger partial charge in [-0.2, -0.15) is 0 Å². The van der Waals surface area contributed by atoms with Gasteiger partial charge in [0.15, 0.2) is 6.29 Å². The minimum Gasteiger partial charge on any atom is -0.349 e. The maximum atomic E-state index is 5.77. The summed E-state index contributed by atoms with van der Waals surface area (Å²) in [5.41, 5.74) is 3.35. The minimum atomic E-state index is -1.27. The van der Waals surface area contributed by atoms with E-state index in [0.29, 0.717) is 0 Å². The molecule has 0 aliphatic rings. The average Bonchev–Trinajstić information content (AvgIpc) is 2.31. The van der Waals surface area contributed by atoms with Crippen molar-refractivity contribution in [2.75, 3.05) is 6.61 Å². The molecule has 0 aliphatic heterocycles. The summed E-state index contributed by atoms with van der Waals surface area (Å²) in [5.74, 6) is 3.23. The van der Waals surface area contributed by atoms with Gasteiger partial charge in [-0.15, -0.1) is 11.5 Å². The summed E-state index contributed by atoms with van der Waals surface area (Å²) >= 11 is 0. The SMILES string of the molecule is C=C[C@H](OCCCCC)O[C@H](C)CC#C[Si](C)(C)C. The van der Waals surface area contributed by atoms with Gasteiger partial charge in [0.2, 0.25) is 0 Å². The molecule has 0 rings (SSSR count). The van der Waals surface area contributed by atoms with Crippen LogP contribution in [0.2, 0.25) is 19.6 Å². The van der Waals surface area contributed by atoms with Crippen molar-refractivity contribution in [1.82, 2.24) is 0 Å². The Balaban J connectivity index is 3.95. The highest BCUT2D eigenvalue weighted by molar-refractivity contribution is 6.83. The number of ether oxygens (including phenoxy) is 2. The molecule has 0 heterocycles. The van der Waals surface area contributed by atoms with E-state index < -0.39 is 8.07 Å². The zero-order chi connectivity index (χ0) is 14.7. The van der Waals surface area contributed by atoms with Crippen LogP contribution >= 0.6 is 0 Å². The summed E-state index contributed by atoms with van der Waals surface area (Å²) in [6.45, 7) is 15.4. The van der Waals surface area contributed by atoms with Crippen molar-refractivity contribution in [3.63, 3.8) is 0 Å². The molecule has 0 saturated heterocycles. The van der Waals surface area contributed by atoms with Crippen molar-refractivity contribution in [3.8, 4) is 11.5 Å². The second-order valence-corrected chi connectivity index (χ2v) is 10.6. The van der Waals surface area contributed by atoms with Crippen molar-refractivity contribution >= 4 is 8.07 Å². The van der Waals surface area contributed by atoms with Crippen molar-refractivity contribution in [2.45, 2.75) is 71.6 Å². The van der Waals surface area contributed by atoms with E-state index >= 15 is 0 Å². The van der Waals surface area contributed by atoms with Crippen LogP contribution in [-0.4, -0.2) is 27.1 Å². The van der Waals surface area contributed by atoms with E-state index in [2.05, 4.69) is 44.6 Å². The normalized spacial score (nSPS) is 14.4. The van der Waals surface area contributed by atoms with E-state index in [1.807, 2.05) is 6.92 Å². The Hall–Kier alpha value is -0.563. The molecule has 0 bridgehead atoms. The van der Waals surface area contributed by atoms with Crippen LogP contribution in [0, 0.1) is 11.5 Å². The van der Waals surface area contributed by atoms with Gasteiger partial charge in [0.25, 0.3) is 0 Å². The molecule has 0 aromatic carbocycles. The lowest BCUT2D eigenvalue weighted by molar-refractivity contribution is -0.136. The Kier molecular flexibility index (Phi) is 9.95. The molecule has 19 heavy (non-hydrogen) atoms. The monoisotopic (exact) mass is 282 g/mol. The molecule has 2 atom stereocenters. The number of rotatable bonds is 9. The van der Waals surface area contributed by atoms with Crippen LogP contribution in [0.4, 0.5) is 0 Å². The summed E-state index contributed by atoms with van der Waals surface area (Å²) in [6, 6.07) is 0. The molecule has 110 valence electrons. The van der Waals surface area contributed by atoms with Gasteiger partial charge >= 0.3 is 0 Å². The van der Waals surface area contributed by atoms with Crippen molar-refractivity contribution in [1.29, 1.82) is 0 Å². The first-order valence-electron chi connectivity index (χ1n) is 7.28. The Morgan fingerprint density at radius 1 is 1.26 bits per heavy atom. The second kappa shape index (κ2) is 10.3. The molecule has 0 fully saturated rings. The fourth-order valence-corrected chi connectivity index (χ4v) is 2.08. The van der Waals surface area contributed by atoms with Crippen molar-refractivity contribution < 1.29 is 9.47 Å².